The molecule has 0 aliphatic rings. The van der Waals surface area contributed by atoms with Crippen molar-refractivity contribution in [2.24, 2.45) is 0 Å². The summed E-state index contributed by atoms with van der Waals surface area (Å²) in [5.74, 6) is -0.417. The van der Waals surface area contributed by atoms with Crippen molar-refractivity contribution in [3.8, 4) is 6.07 Å². The number of aliphatic hydroxyl groups excluding tert-OH is 1. The topological polar surface area (TPSA) is 47.3 Å². The average Bonchev–Trinajstić information content (AvgIpc) is 2.46. The van der Waals surface area contributed by atoms with Crippen LogP contribution in [0, 0.1) is 17.1 Å². The quantitative estimate of drug-likeness (QED) is 0.936. The summed E-state index contributed by atoms with van der Waals surface area (Å²) in [6, 6.07) is 14.1. The second-order valence-corrected chi connectivity index (χ2v) is 5.02. The lowest BCUT2D eigenvalue weighted by atomic mass is 10.1. The molecule has 0 saturated heterocycles. The van der Waals surface area contributed by atoms with Crippen molar-refractivity contribution in [3.05, 3.63) is 65.0 Å². The van der Waals surface area contributed by atoms with Gasteiger partial charge in [-0.25, -0.2) is 4.39 Å². The van der Waals surface area contributed by atoms with Crippen molar-refractivity contribution in [1.29, 1.82) is 5.26 Å². The lowest BCUT2D eigenvalue weighted by molar-refractivity contribution is 0.194. The van der Waals surface area contributed by atoms with Crippen molar-refractivity contribution in [2.45, 2.75) is 19.6 Å². The number of anilines is 1. The molecule has 21 heavy (non-hydrogen) atoms. The number of halogens is 1. The Morgan fingerprint density at radius 2 is 2.00 bits per heavy atom. The maximum absolute atomic E-state index is 13.9. The molecule has 0 bridgehead atoms. The molecule has 0 aliphatic heterocycles. The molecule has 0 amide bonds. The maximum atomic E-state index is 13.9. The minimum absolute atomic E-state index is 0.288. The Morgan fingerprint density at radius 3 is 2.67 bits per heavy atom. The highest BCUT2D eigenvalue weighted by Crippen LogP contribution is 2.29. The lowest BCUT2D eigenvalue weighted by Crippen LogP contribution is -2.19. The Labute approximate surface area is 123 Å². The first-order valence-corrected chi connectivity index (χ1v) is 6.69. The van der Waals surface area contributed by atoms with E-state index in [2.05, 4.69) is 6.07 Å². The van der Waals surface area contributed by atoms with Gasteiger partial charge in [0.25, 0.3) is 0 Å². The van der Waals surface area contributed by atoms with Gasteiger partial charge in [-0.05, 0) is 36.8 Å². The molecule has 1 atom stereocenters. The summed E-state index contributed by atoms with van der Waals surface area (Å²) in [5.41, 5.74) is 2.48. The summed E-state index contributed by atoms with van der Waals surface area (Å²) >= 11 is 0. The fraction of sp³-hybridized carbons (Fsp3) is 0.235. The summed E-state index contributed by atoms with van der Waals surface area (Å²) < 4.78 is 13.9. The van der Waals surface area contributed by atoms with Gasteiger partial charge in [0.1, 0.15) is 5.82 Å². The average molecular weight is 284 g/mol. The number of nitrogens with zero attached hydrogens (tertiary/aromatic N) is 2. The van der Waals surface area contributed by atoms with Gasteiger partial charge >= 0.3 is 0 Å². The summed E-state index contributed by atoms with van der Waals surface area (Å²) in [4.78, 5) is 1.86. The van der Waals surface area contributed by atoms with Gasteiger partial charge in [0.15, 0.2) is 0 Å². The molecule has 2 aromatic carbocycles. The minimum atomic E-state index is -0.880. The van der Waals surface area contributed by atoms with E-state index in [-0.39, 0.29) is 5.56 Å². The summed E-state index contributed by atoms with van der Waals surface area (Å²) in [5, 5.41) is 18.7. The van der Waals surface area contributed by atoms with Gasteiger partial charge in [0, 0.05) is 24.8 Å². The van der Waals surface area contributed by atoms with E-state index >= 15 is 0 Å². The molecule has 0 fully saturated rings. The van der Waals surface area contributed by atoms with Gasteiger partial charge < -0.3 is 10.0 Å². The van der Waals surface area contributed by atoms with E-state index in [1.807, 2.05) is 24.1 Å². The van der Waals surface area contributed by atoms with Crippen molar-refractivity contribution in [1.82, 2.24) is 0 Å². The molecule has 0 aromatic heterocycles. The van der Waals surface area contributed by atoms with Gasteiger partial charge in [-0.15, -0.1) is 0 Å². The third-order valence-corrected chi connectivity index (χ3v) is 3.33. The number of aliphatic hydroxyl groups is 1. The van der Waals surface area contributed by atoms with E-state index in [4.69, 9.17) is 5.26 Å². The second kappa shape index (κ2) is 6.38. The summed E-state index contributed by atoms with van der Waals surface area (Å²) in [7, 11) is 1.83. The van der Waals surface area contributed by atoms with E-state index in [9.17, 15) is 9.50 Å². The largest absolute Gasteiger partial charge is 0.389 e. The molecule has 0 unspecified atom stereocenters. The van der Waals surface area contributed by atoms with Crippen LogP contribution in [0.2, 0.25) is 0 Å². The Bertz CT molecular complexity index is 677. The van der Waals surface area contributed by atoms with Crippen molar-refractivity contribution in [2.75, 3.05) is 11.9 Å². The fourth-order valence-electron chi connectivity index (χ4n) is 2.37. The molecule has 0 saturated carbocycles. The normalized spacial score (nSPS) is 11.8. The van der Waals surface area contributed by atoms with E-state index < -0.39 is 11.9 Å². The molecule has 2 rings (SSSR count). The number of rotatable bonds is 4. The first-order valence-electron chi connectivity index (χ1n) is 6.69. The first-order chi connectivity index (χ1) is 10.0. The molecule has 1 N–H and O–H groups in total. The number of nitriles is 1. The van der Waals surface area contributed by atoms with Crippen LogP contribution in [-0.4, -0.2) is 12.2 Å². The first kappa shape index (κ1) is 15.0. The van der Waals surface area contributed by atoms with Crippen molar-refractivity contribution < 1.29 is 9.50 Å². The van der Waals surface area contributed by atoms with Gasteiger partial charge in [0.05, 0.1) is 17.7 Å². The van der Waals surface area contributed by atoms with Crippen molar-refractivity contribution in [3.63, 3.8) is 0 Å². The van der Waals surface area contributed by atoms with Crippen LogP contribution in [-0.2, 0) is 6.54 Å². The Kier molecular flexibility index (Phi) is 4.56. The van der Waals surface area contributed by atoms with E-state index in [0.717, 1.165) is 5.56 Å². The number of hydrogen-bond donors (Lipinski definition) is 1. The number of hydrogen-bond acceptors (Lipinski definition) is 3. The highest BCUT2D eigenvalue weighted by Gasteiger charge is 2.16. The molecule has 108 valence electrons. The van der Waals surface area contributed by atoms with E-state index in [1.165, 1.54) is 6.07 Å². The minimum Gasteiger partial charge on any atom is -0.389 e. The Balaban J connectivity index is 2.30. The zero-order chi connectivity index (χ0) is 15.4. The van der Waals surface area contributed by atoms with E-state index in [1.54, 1.807) is 31.2 Å². The predicted octanol–water partition coefficient (Wildman–Crippen LogP) is 3.39. The van der Waals surface area contributed by atoms with Crippen LogP contribution in [0.4, 0.5) is 10.1 Å². The fourth-order valence-corrected chi connectivity index (χ4v) is 2.37. The zero-order valence-electron chi connectivity index (χ0n) is 12.0. The predicted molar refractivity (Wildman–Crippen MR) is 80.3 cm³/mol. The standard InChI is InChI=1S/C17H17FN2O/c1-12(21)17-15(18)7-4-8-16(17)20(2)11-14-6-3-5-13(9-14)10-19/h3-9,12,21H,11H2,1-2H3/t12-/m0/s1. The lowest BCUT2D eigenvalue weighted by Gasteiger charge is -2.24. The monoisotopic (exact) mass is 284 g/mol. The second-order valence-electron chi connectivity index (χ2n) is 5.02. The number of benzene rings is 2. The van der Waals surface area contributed by atoms with E-state index in [0.29, 0.717) is 17.8 Å². The maximum Gasteiger partial charge on any atom is 0.131 e. The molecule has 0 aliphatic carbocycles. The van der Waals surface area contributed by atoms with Gasteiger partial charge in [-0.1, -0.05) is 18.2 Å². The summed E-state index contributed by atoms with van der Waals surface area (Å²) in [6.07, 6.45) is -0.880. The highest BCUT2D eigenvalue weighted by atomic mass is 19.1. The molecule has 0 radical (unpaired) electrons. The molecule has 0 heterocycles. The molecular weight excluding hydrogens is 267 g/mol. The SMILES string of the molecule is C[C@H](O)c1c(F)cccc1N(C)Cc1cccc(C#N)c1. The zero-order valence-corrected chi connectivity index (χ0v) is 12.0. The Hall–Kier alpha value is -2.38. The molecule has 2 aromatic rings. The van der Waals surface area contributed by atoms with Crippen molar-refractivity contribution >= 4 is 5.69 Å². The van der Waals surface area contributed by atoms with Crippen LogP contribution in [0.25, 0.3) is 0 Å². The highest BCUT2D eigenvalue weighted by molar-refractivity contribution is 5.55. The third kappa shape index (κ3) is 3.39. The van der Waals surface area contributed by atoms with Crippen LogP contribution >= 0.6 is 0 Å². The van der Waals surface area contributed by atoms with Gasteiger partial charge in [-0.2, -0.15) is 5.26 Å². The molecule has 0 spiro atoms. The molecular formula is C17H17FN2O. The summed E-state index contributed by atoms with van der Waals surface area (Å²) in [6.45, 7) is 2.07. The third-order valence-electron chi connectivity index (χ3n) is 3.33. The van der Waals surface area contributed by atoms with Crippen LogP contribution in [0.1, 0.15) is 29.7 Å². The van der Waals surface area contributed by atoms with Crippen LogP contribution in [0.15, 0.2) is 42.5 Å². The van der Waals surface area contributed by atoms with Crippen LogP contribution < -0.4 is 4.90 Å². The van der Waals surface area contributed by atoms with Crippen LogP contribution in [0.5, 0.6) is 0 Å². The molecule has 3 nitrogen and oxygen atoms in total. The van der Waals surface area contributed by atoms with Gasteiger partial charge in [-0.3, -0.25) is 0 Å². The smallest absolute Gasteiger partial charge is 0.131 e. The van der Waals surface area contributed by atoms with Gasteiger partial charge in [0.2, 0.25) is 0 Å². The Morgan fingerprint density at radius 1 is 1.29 bits per heavy atom. The van der Waals surface area contributed by atoms with Crippen LogP contribution in [0.3, 0.4) is 0 Å². The molecule has 4 heteroatoms.